The van der Waals surface area contributed by atoms with Gasteiger partial charge in [0.1, 0.15) is 0 Å². The molecule has 0 aliphatic heterocycles. The Kier molecular flexibility index (Phi) is 13.0. The molecule has 0 bridgehead atoms. The summed E-state index contributed by atoms with van der Waals surface area (Å²) < 4.78 is 0. The first-order chi connectivity index (χ1) is 8.42. The standard InChI is InChI=1S/C17H12.2CH3.2Y/c1-2-6-14(7-3-1)12-15-10-11-16-8-4-5-9-17(16)13-15;;;;/h2-3,5-11,13H,12H2;2*1H3;;/q-2;2*-1;;. The summed E-state index contributed by atoms with van der Waals surface area (Å²) in [6.07, 6.45) is 0.975. The van der Waals surface area contributed by atoms with E-state index in [0.717, 1.165) is 6.42 Å². The van der Waals surface area contributed by atoms with Crippen LogP contribution in [0.3, 0.4) is 0 Å². The van der Waals surface area contributed by atoms with Crippen LogP contribution in [0, 0.1) is 27.0 Å². The molecule has 0 unspecified atom stereocenters. The molecule has 3 rings (SSSR count). The van der Waals surface area contributed by atoms with Crippen LogP contribution in [0.1, 0.15) is 11.1 Å². The first kappa shape index (κ1) is 23.4. The molecular formula is C19H18Y2-4. The molecule has 3 aromatic rings. The fraction of sp³-hybridized carbons (Fsp3) is 0.0526. The molecule has 0 fully saturated rings. The van der Waals surface area contributed by atoms with Gasteiger partial charge >= 0.3 is 0 Å². The van der Waals surface area contributed by atoms with Crippen LogP contribution < -0.4 is 0 Å². The molecule has 0 nitrogen and oxygen atoms in total. The number of rotatable bonds is 2. The number of hydrogen-bond donors (Lipinski definition) is 0. The Balaban J connectivity index is 0. The van der Waals surface area contributed by atoms with Crippen LogP contribution in [0.2, 0.25) is 0 Å². The first-order valence-corrected chi connectivity index (χ1v) is 5.75. The Bertz CT molecular complexity index is 633. The second-order valence-electron chi connectivity index (χ2n) is 4.19. The first-order valence-electron chi connectivity index (χ1n) is 5.75. The Morgan fingerprint density at radius 2 is 1.33 bits per heavy atom. The SMILES string of the molecule is [CH3-].[CH3-].[Y].[Y].[c-]1ccc(Cc2ccc3c[c-]ccc3c2)cc1. The summed E-state index contributed by atoms with van der Waals surface area (Å²) in [6.45, 7) is 0. The molecule has 2 radical (unpaired) electrons. The molecule has 3 aromatic carbocycles. The van der Waals surface area contributed by atoms with Gasteiger partial charge in [0.05, 0.1) is 0 Å². The topological polar surface area (TPSA) is 0 Å². The van der Waals surface area contributed by atoms with Crippen molar-refractivity contribution in [2.45, 2.75) is 6.42 Å². The van der Waals surface area contributed by atoms with E-state index in [2.05, 4.69) is 48.5 Å². The minimum atomic E-state index is 0. The predicted octanol–water partition coefficient (Wildman–Crippen LogP) is 4.93. The van der Waals surface area contributed by atoms with E-state index < -0.39 is 0 Å². The van der Waals surface area contributed by atoms with Gasteiger partial charge in [0, 0.05) is 65.4 Å². The third kappa shape index (κ3) is 6.41. The maximum atomic E-state index is 3.10. The summed E-state index contributed by atoms with van der Waals surface area (Å²) in [5.41, 5.74) is 2.67. The van der Waals surface area contributed by atoms with Gasteiger partial charge in [-0.3, -0.25) is 0 Å². The van der Waals surface area contributed by atoms with E-state index in [-0.39, 0.29) is 80.3 Å². The fourth-order valence-electron chi connectivity index (χ4n) is 2.06. The van der Waals surface area contributed by atoms with Crippen LogP contribution >= 0.6 is 0 Å². The zero-order valence-corrected chi connectivity index (χ0v) is 18.3. The molecule has 0 saturated carbocycles. The zero-order valence-electron chi connectivity index (χ0n) is 12.6. The van der Waals surface area contributed by atoms with Crippen molar-refractivity contribution in [2.24, 2.45) is 0 Å². The Morgan fingerprint density at radius 3 is 2.05 bits per heavy atom. The molecule has 0 saturated heterocycles. The van der Waals surface area contributed by atoms with E-state index in [1.54, 1.807) is 0 Å². The molecular weight excluding hydrogens is 406 g/mol. The van der Waals surface area contributed by atoms with E-state index >= 15 is 0 Å². The van der Waals surface area contributed by atoms with Gasteiger partial charge in [-0.05, 0) is 12.0 Å². The van der Waals surface area contributed by atoms with Crippen molar-refractivity contribution < 1.29 is 65.4 Å². The number of hydrogen-bond acceptors (Lipinski definition) is 0. The molecule has 2 heteroatoms. The molecule has 0 heterocycles. The van der Waals surface area contributed by atoms with Crippen LogP contribution in [0.15, 0.2) is 60.7 Å². The molecule has 0 N–H and O–H groups in total. The molecule has 104 valence electrons. The third-order valence-corrected chi connectivity index (χ3v) is 2.94. The maximum absolute atomic E-state index is 3.10. The van der Waals surface area contributed by atoms with Crippen molar-refractivity contribution in [3.63, 3.8) is 0 Å². The summed E-state index contributed by atoms with van der Waals surface area (Å²) in [5.74, 6) is 0. The quantitative estimate of drug-likeness (QED) is 0.513. The van der Waals surface area contributed by atoms with Gasteiger partial charge in [0.2, 0.25) is 0 Å². The van der Waals surface area contributed by atoms with Crippen LogP contribution in [0.25, 0.3) is 10.8 Å². The number of benzene rings is 3. The fourth-order valence-corrected chi connectivity index (χ4v) is 2.06. The summed E-state index contributed by atoms with van der Waals surface area (Å²) in [5, 5.41) is 2.53. The van der Waals surface area contributed by atoms with E-state index in [4.69, 9.17) is 0 Å². The summed E-state index contributed by atoms with van der Waals surface area (Å²) in [7, 11) is 0. The normalized spacial score (nSPS) is 8.57. The molecule has 0 aliphatic carbocycles. The van der Waals surface area contributed by atoms with Crippen LogP contribution in [0.5, 0.6) is 0 Å². The van der Waals surface area contributed by atoms with Crippen LogP contribution in [-0.4, -0.2) is 0 Å². The van der Waals surface area contributed by atoms with Gasteiger partial charge in [0.25, 0.3) is 0 Å². The second kappa shape index (κ2) is 11.7. The maximum Gasteiger partial charge on any atom is 0 e. The molecule has 0 spiro atoms. The second-order valence-corrected chi connectivity index (χ2v) is 4.19. The minimum absolute atomic E-state index is 0. The van der Waals surface area contributed by atoms with Gasteiger partial charge in [-0.25, -0.2) is 0 Å². The Hall–Kier alpha value is 0.128. The van der Waals surface area contributed by atoms with Gasteiger partial charge in [-0.1, -0.05) is 12.1 Å². The third-order valence-electron chi connectivity index (χ3n) is 2.94. The Labute approximate surface area is 179 Å². The van der Waals surface area contributed by atoms with E-state index in [0.29, 0.717) is 0 Å². The van der Waals surface area contributed by atoms with Crippen molar-refractivity contribution in [2.75, 3.05) is 0 Å². The average molecular weight is 424 g/mol. The molecule has 0 aliphatic rings. The molecule has 21 heavy (non-hydrogen) atoms. The van der Waals surface area contributed by atoms with Crippen molar-refractivity contribution >= 4 is 10.8 Å². The zero-order chi connectivity index (χ0) is 11.5. The van der Waals surface area contributed by atoms with Crippen molar-refractivity contribution in [1.29, 1.82) is 0 Å². The smallest absolute Gasteiger partial charge is 0 e. The number of fused-ring (bicyclic) bond motifs is 1. The van der Waals surface area contributed by atoms with Gasteiger partial charge in [-0.2, -0.15) is 60.2 Å². The van der Waals surface area contributed by atoms with E-state index in [1.807, 2.05) is 24.3 Å². The van der Waals surface area contributed by atoms with Crippen LogP contribution in [0.4, 0.5) is 0 Å². The average Bonchev–Trinajstić information content (AvgIpc) is 2.40. The largest absolute Gasteiger partial charge is 0.358 e. The summed E-state index contributed by atoms with van der Waals surface area (Å²) in [6, 6.07) is 27.0. The van der Waals surface area contributed by atoms with Gasteiger partial charge in [0.15, 0.2) is 0 Å². The molecule has 0 atom stereocenters. The van der Waals surface area contributed by atoms with E-state index in [9.17, 15) is 0 Å². The van der Waals surface area contributed by atoms with E-state index in [1.165, 1.54) is 21.9 Å². The summed E-state index contributed by atoms with van der Waals surface area (Å²) in [4.78, 5) is 0. The molecule has 0 aromatic heterocycles. The minimum Gasteiger partial charge on any atom is -0.358 e. The van der Waals surface area contributed by atoms with Crippen molar-refractivity contribution in [3.05, 3.63) is 98.8 Å². The molecule has 0 amide bonds. The van der Waals surface area contributed by atoms with Crippen LogP contribution in [-0.2, 0) is 71.8 Å². The van der Waals surface area contributed by atoms with Gasteiger partial charge in [-0.15, -0.1) is 16.8 Å². The predicted molar refractivity (Wildman–Crippen MR) is 83.7 cm³/mol. The van der Waals surface area contributed by atoms with Crippen molar-refractivity contribution in [1.82, 2.24) is 0 Å². The monoisotopic (exact) mass is 424 g/mol. The summed E-state index contributed by atoms with van der Waals surface area (Å²) >= 11 is 0. The van der Waals surface area contributed by atoms with Crippen molar-refractivity contribution in [3.8, 4) is 0 Å². The Morgan fingerprint density at radius 1 is 0.667 bits per heavy atom. The van der Waals surface area contributed by atoms with Gasteiger partial charge < -0.3 is 14.9 Å².